The summed E-state index contributed by atoms with van der Waals surface area (Å²) >= 11 is 0. The van der Waals surface area contributed by atoms with E-state index in [4.69, 9.17) is 4.74 Å². The third-order valence-corrected chi connectivity index (χ3v) is 6.34. The van der Waals surface area contributed by atoms with E-state index in [2.05, 4.69) is 5.32 Å². The third kappa shape index (κ3) is 4.62. The molecule has 0 aliphatic carbocycles. The van der Waals surface area contributed by atoms with Crippen LogP contribution in [0.4, 0.5) is 0 Å². The molecule has 2 fully saturated rings. The van der Waals surface area contributed by atoms with Gasteiger partial charge in [0.2, 0.25) is 17.7 Å². The number of carbonyl (C=O) groups excluding carboxylic acids is 4. The number of hydrogen-bond donors (Lipinski definition) is 1. The zero-order valence-electron chi connectivity index (χ0n) is 18.6. The fourth-order valence-corrected chi connectivity index (χ4v) is 4.70. The molecule has 3 aliphatic heterocycles. The second-order valence-electron chi connectivity index (χ2n) is 9.00. The molecule has 32 heavy (non-hydrogen) atoms. The number of nitrogens with zero attached hydrogens (tertiary/aromatic N) is 3. The predicted octanol–water partition coefficient (Wildman–Crippen LogP) is 0.769. The molecular formula is C23H30N4O5. The molecule has 172 valence electrons. The number of likely N-dealkylation sites (tertiary alicyclic amines) is 1. The molecule has 2 saturated heterocycles. The molecule has 0 spiro atoms. The smallest absolute Gasteiger partial charge is 0.255 e. The van der Waals surface area contributed by atoms with Gasteiger partial charge in [-0.1, -0.05) is 0 Å². The minimum absolute atomic E-state index is 0.0334. The first-order chi connectivity index (χ1) is 15.3. The van der Waals surface area contributed by atoms with Crippen molar-refractivity contribution in [1.82, 2.24) is 20.0 Å². The monoisotopic (exact) mass is 442 g/mol. The van der Waals surface area contributed by atoms with Crippen molar-refractivity contribution in [3.8, 4) is 5.75 Å². The molecule has 1 unspecified atom stereocenters. The van der Waals surface area contributed by atoms with Gasteiger partial charge in [-0.15, -0.1) is 0 Å². The molecule has 4 amide bonds. The maximum absolute atomic E-state index is 12.8. The standard InChI is InChI=1S/C23H30N4O5/c1-25(2)13-21(29)26-10-4-3-5-16(26)14-32-17-6-7-18-15(11-17)12-27(23(18)31)19-8-9-20(28)24-22(19)30/h6-7,11,16,19H,3-5,8-10,12-14H2,1-2H3,(H,24,28,30)/t16-,19?/m0/s1. The van der Waals surface area contributed by atoms with Crippen LogP contribution in [0.1, 0.15) is 48.0 Å². The van der Waals surface area contributed by atoms with E-state index in [9.17, 15) is 19.2 Å². The van der Waals surface area contributed by atoms with Crippen LogP contribution in [0.3, 0.4) is 0 Å². The van der Waals surface area contributed by atoms with Crippen LogP contribution in [0, 0.1) is 0 Å². The van der Waals surface area contributed by atoms with Crippen molar-refractivity contribution in [3.05, 3.63) is 29.3 Å². The summed E-state index contributed by atoms with van der Waals surface area (Å²) in [6, 6.07) is 4.74. The van der Waals surface area contributed by atoms with Crippen LogP contribution >= 0.6 is 0 Å². The fraction of sp³-hybridized carbons (Fsp3) is 0.565. The summed E-state index contributed by atoms with van der Waals surface area (Å²) in [5, 5.41) is 2.31. The Morgan fingerprint density at radius 2 is 2.00 bits per heavy atom. The van der Waals surface area contributed by atoms with Crippen molar-refractivity contribution < 1.29 is 23.9 Å². The van der Waals surface area contributed by atoms with E-state index >= 15 is 0 Å². The number of imide groups is 1. The Labute approximate surface area is 187 Å². The first kappa shape index (κ1) is 22.3. The first-order valence-corrected chi connectivity index (χ1v) is 11.2. The highest BCUT2D eigenvalue weighted by Crippen LogP contribution is 2.30. The van der Waals surface area contributed by atoms with Gasteiger partial charge >= 0.3 is 0 Å². The number of likely N-dealkylation sites (N-methyl/N-ethyl adjacent to an activating group) is 1. The molecule has 2 atom stereocenters. The van der Waals surface area contributed by atoms with E-state index in [1.54, 1.807) is 12.1 Å². The van der Waals surface area contributed by atoms with Gasteiger partial charge in [0.1, 0.15) is 18.4 Å². The normalized spacial score (nSPS) is 23.4. The summed E-state index contributed by atoms with van der Waals surface area (Å²) < 4.78 is 6.05. The lowest BCUT2D eigenvalue weighted by Gasteiger charge is -2.36. The molecule has 1 N–H and O–H groups in total. The summed E-state index contributed by atoms with van der Waals surface area (Å²) in [5.74, 6) is -0.158. The van der Waals surface area contributed by atoms with Gasteiger partial charge < -0.3 is 19.4 Å². The van der Waals surface area contributed by atoms with Crippen LogP contribution in [0.5, 0.6) is 5.75 Å². The first-order valence-electron chi connectivity index (χ1n) is 11.2. The Morgan fingerprint density at radius 1 is 1.19 bits per heavy atom. The molecule has 0 aromatic heterocycles. The van der Waals surface area contributed by atoms with E-state index in [-0.39, 0.29) is 30.2 Å². The van der Waals surface area contributed by atoms with E-state index in [1.165, 1.54) is 4.90 Å². The van der Waals surface area contributed by atoms with Crippen molar-refractivity contribution >= 4 is 23.6 Å². The van der Waals surface area contributed by atoms with Crippen LogP contribution in [-0.4, -0.2) is 84.2 Å². The number of nitrogens with one attached hydrogen (secondary N) is 1. The number of rotatable bonds is 6. The molecule has 0 bridgehead atoms. The van der Waals surface area contributed by atoms with Crippen LogP contribution in [-0.2, 0) is 20.9 Å². The summed E-state index contributed by atoms with van der Waals surface area (Å²) in [6.07, 6.45) is 3.56. The lowest BCUT2D eigenvalue weighted by molar-refractivity contribution is -0.137. The van der Waals surface area contributed by atoms with Gasteiger partial charge in [-0.2, -0.15) is 0 Å². The molecule has 9 nitrogen and oxygen atoms in total. The van der Waals surface area contributed by atoms with E-state index < -0.39 is 11.9 Å². The molecule has 4 rings (SSSR count). The maximum Gasteiger partial charge on any atom is 0.255 e. The summed E-state index contributed by atoms with van der Waals surface area (Å²) in [6.45, 7) is 1.85. The molecule has 1 aromatic rings. The molecule has 3 heterocycles. The summed E-state index contributed by atoms with van der Waals surface area (Å²) in [4.78, 5) is 54.3. The number of hydrogen-bond acceptors (Lipinski definition) is 6. The zero-order chi connectivity index (χ0) is 22.8. The quantitative estimate of drug-likeness (QED) is 0.654. The van der Waals surface area contributed by atoms with Gasteiger partial charge in [0.25, 0.3) is 5.91 Å². The van der Waals surface area contributed by atoms with E-state index in [0.717, 1.165) is 31.4 Å². The molecule has 0 radical (unpaired) electrons. The van der Waals surface area contributed by atoms with Gasteiger partial charge in [0, 0.05) is 25.1 Å². The Kier molecular flexibility index (Phi) is 6.45. The number of benzene rings is 1. The number of amides is 4. The molecule has 3 aliphatic rings. The minimum atomic E-state index is -0.629. The molecule has 1 aromatic carbocycles. The van der Waals surface area contributed by atoms with Crippen LogP contribution in [0.15, 0.2) is 18.2 Å². The Bertz CT molecular complexity index is 931. The largest absolute Gasteiger partial charge is 0.491 e. The Balaban J connectivity index is 1.40. The van der Waals surface area contributed by atoms with Crippen LogP contribution < -0.4 is 10.1 Å². The highest BCUT2D eigenvalue weighted by Gasteiger charge is 2.39. The lowest BCUT2D eigenvalue weighted by Crippen LogP contribution is -2.52. The number of piperidine rings is 2. The fourth-order valence-electron chi connectivity index (χ4n) is 4.70. The summed E-state index contributed by atoms with van der Waals surface area (Å²) in [7, 11) is 3.77. The van der Waals surface area contributed by atoms with Gasteiger partial charge in [-0.25, -0.2) is 0 Å². The van der Waals surface area contributed by atoms with Crippen LogP contribution in [0.25, 0.3) is 0 Å². The molecule has 9 heteroatoms. The Hall–Kier alpha value is -2.94. The van der Waals surface area contributed by atoms with Crippen LogP contribution in [0.2, 0.25) is 0 Å². The topological polar surface area (TPSA) is 99.3 Å². The van der Waals surface area contributed by atoms with Crippen molar-refractivity contribution in [2.24, 2.45) is 0 Å². The van der Waals surface area contributed by atoms with E-state index in [0.29, 0.717) is 37.4 Å². The van der Waals surface area contributed by atoms with Crippen molar-refractivity contribution in [2.75, 3.05) is 33.8 Å². The number of carbonyl (C=O) groups is 4. The SMILES string of the molecule is CN(C)CC(=O)N1CCCC[C@H]1COc1ccc2c(c1)CN(C1CCC(=O)NC1=O)C2=O. The van der Waals surface area contributed by atoms with Crippen molar-refractivity contribution in [2.45, 2.75) is 50.7 Å². The van der Waals surface area contributed by atoms with E-state index in [1.807, 2.05) is 30.0 Å². The second-order valence-corrected chi connectivity index (χ2v) is 9.00. The minimum Gasteiger partial charge on any atom is -0.491 e. The molecule has 0 saturated carbocycles. The third-order valence-electron chi connectivity index (χ3n) is 6.34. The predicted molar refractivity (Wildman–Crippen MR) is 116 cm³/mol. The average Bonchev–Trinajstić information content (AvgIpc) is 3.07. The Morgan fingerprint density at radius 3 is 2.75 bits per heavy atom. The number of ether oxygens (including phenoxy) is 1. The summed E-state index contributed by atoms with van der Waals surface area (Å²) in [5.41, 5.74) is 1.36. The maximum atomic E-state index is 12.8. The van der Waals surface area contributed by atoms with Gasteiger partial charge in [-0.05, 0) is 63.5 Å². The average molecular weight is 443 g/mol. The van der Waals surface area contributed by atoms with Crippen molar-refractivity contribution in [3.63, 3.8) is 0 Å². The highest BCUT2D eigenvalue weighted by molar-refractivity contribution is 6.05. The molecular weight excluding hydrogens is 412 g/mol. The van der Waals surface area contributed by atoms with Gasteiger partial charge in [-0.3, -0.25) is 24.5 Å². The number of fused-ring (bicyclic) bond motifs is 1. The van der Waals surface area contributed by atoms with Crippen molar-refractivity contribution in [1.29, 1.82) is 0 Å². The van der Waals surface area contributed by atoms with Gasteiger partial charge in [0.05, 0.1) is 12.6 Å². The highest BCUT2D eigenvalue weighted by atomic mass is 16.5. The van der Waals surface area contributed by atoms with Gasteiger partial charge in [0.15, 0.2) is 0 Å². The lowest BCUT2D eigenvalue weighted by atomic mass is 10.0. The second kappa shape index (κ2) is 9.28. The zero-order valence-corrected chi connectivity index (χ0v) is 18.6.